The summed E-state index contributed by atoms with van der Waals surface area (Å²) in [5.41, 5.74) is 5.47. The van der Waals surface area contributed by atoms with Gasteiger partial charge in [-0.2, -0.15) is 0 Å². The van der Waals surface area contributed by atoms with E-state index in [9.17, 15) is 0 Å². The van der Waals surface area contributed by atoms with E-state index in [1.54, 1.807) is 0 Å². The maximum atomic E-state index is 6.06. The van der Waals surface area contributed by atoms with Crippen LogP contribution in [0, 0.1) is 0 Å². The molecule has 2 aromatic carbocycles. The Bertz CT molecular complexity index is 868. The topological polar surface area (TPSA) is 22.1 Å². The zero-order chi connectivity index (χ0) is 15.6. The molecule has 1 aliphatic rings. The maximum absolute atomic E-state index is 6.06. The number of para-hydroxylation sites is 1. The lowest BCUT2D eigenvalue weighted by Gasteiger charge is -2.21. The van der Waals surface area contributed by atoms with E-state index in [-0.39, 0.29) is 0 Å². The third-order valence-electron chi connectivity index (χ3n) is 4.10. The second kappa shape index (κ2) is 5.73. The molecule has 0 N–H and O–H groups in total. The van der Waals surface area contributed by atoms with Crippen molar-refractivity contribution in [3.05, 3.63) is 90.1 Å². The van der Waals surface area contributed by atoms with Crippen molar-refractivity contribution in [2.75, 3.05) is 0 Å². The van der Waals surface area contributed by atoms with Gasteiger partial charge in [-0.15, -0.1) is 6.58 Å². The first-order valence-corrected chi connectivity index (χ1v) is 7.80. The number of hydrogen-bond acceptors (Lipinski definition) is 2. The van der Waals surface area contributed by atoms with Crippen molar-refractivity contribution in [3.63, 3.8) is 0 Å². The van der Waals surface area contributed by atoms with Crippen LogP contribution in [0.1, 0.15) is 16.8 Å². The Hall–Kier alpha value is -2.87. The molecule has 2 heterocycles. The van der Waals surface area contributed by atoms with Crippen molar-refractivity contribution in [1.29, 1.82) is 0 Å². The monoisotopic (exact) mass is 299 g/mol. The molecule has 112 valence electrons. The molecule has 0 aliphatic carbocycles. The molecule has 0 saturated heterocycles. The zero-order valence-corrected chi connectivity index (χ0v) is 12.8. The summed E-state index contributed by atoms with van der Waals surface area (Å²) in [6.07, 6.45) is 3.49. The lowest BCUT2D eigenvalue weighted by molar-refractivity contribution is 0.455. The van der Waals surface area contributed by atoms with E-state index in [0.717, 1.165) is 46.9 Å². The lowest BCUT2D eigenvalue weighted by atomic mass is 9.99. The zero-order valence-electron chi connectivity index (χ0n) is 12.8. The van der Waals surface area contributed by atoms with E-state index < -0.39 is 0 Å². The Morgan fingerprint density at radius 1 is 1.00 bits per heavy atom. The van der Waals surface area contributed by atoms with Crippen LogP contribution in [0.4, 0.5) is 0 Å². The first-order chi connectivity index (χ1) is 11.3. The molecular weight excluding hydrogens is 282 g/mol. The number of pyridine rings is 1. The van der Waals surface area contributed by atoms with Crippen LogP contribution in [-0.4, -0.2) is 4.98 Å². The van der Waals surface area contributed by atoms with Gasteiger partial charge in [0.2, 0.25) is 0 Å². The first kappa shape index (κ1) is 13.8. The number of benzene rings is 2. The van der Waals surface area contributed by atoms with Crippen LogP contribution in [0.25, 0.3) is 11.3 Å². The summed E-state index contributed by atoms with van der Waals surface area (Å²) >= 11 is 0. The highest BCUT2D eigenvalue weighted by molar-refractivity contribution is 5.66. The van der Waals surface area contributed by atoms with Crippen LogP contribution in [-0.2, 0) is 12.8 Å². The average Bonchev–Trinajstić information content (AvgIpc) is 2.60. The standard InChI is InChI=1S/C21H17NO/c1-2-8-17-14-20-18(13-16-11-6-7-12-19(16)23-20)22-21(17)15-9-4-3-5-10-15/h2-7,9-12,14H,1,8,13H2. The van der Waals surface area contributed by atoms with Gasteiger partial charge < -0.3 is 4.74 Å². The minimum atomic E-state index is 0.773. The second-order valence-electron chi connectivity index (χ2n) is 5.69. The van der Waals surface area contributed by atoms with Gasteiger partial charge in [0.25, 0.3) is 0 Å². The van der Waals surface area contributed by atoms with Crippen LogP contribution >= 0.6 is 0 Å². The van der Waals surface area contributed by atoms with Gasteiger partial charge in [0.15, 0.2) is 0 Å². The Morgan fingerprint density at radius 2 is 1.78 bits per heavy atom. The van der Waals surface area contributed by atoms with Gasteiger partial charge in [-0.3, -0.25) is 0 Å². The molecule has 0 spiro atoms. The lowest BCUT2D eigenvalue weighted by Crippen LogP contribution is -2.07. The first-order valence-electron chi connectivity index (χ1n) is 7.80. The van der Waals surface area contributed by atoms with Crippen molar-refractivity contribution in [3.8, 4) is 22.8 Å². The number of fused-ring (bicyclic) bond motifs is 2. The van der Waals surface area contributed by atoms with Crippen molar-refractivity contribution >= 4 is 0 Å². The smallest absolute Gasteiger partial charge is 0.149 e. The predicted molar refractivity (Wildman–Crippen MR) is 92.9 cm³/mol. The quantitative estimate of drug-likeness (QED) is 0.487. The highest BCUT2D eigenvalue weighted by Crippen LogP contribution is 2.38. The molecule has 0 amide bonds. The van der Waals surface area contributed by atoms with E-state index in [1.807, 2.05) is 42.5 Å². The second-order valence-corrected chi connectivity index (χ2v) is 5.69. The SMILES string of the molecule is C=CCc1cc2c(nc1-c1ccccc1)Cc1ccccc1O2. The van der Waals surface area contributed by atoms with Crippen LogP contribution in [0.5, 0.6) is 11.5 Å². The molecule has 2 nitrogen and oxygen atoms in total. The Kier molecular flexibility index (Phi) is 3.43. The van der Waals surface area contributed by atoms with Gasteiger partial charge in [-0.1, -0.05) is 54.6 Å². The molecule has 2 heteroatoms. The van der Waals surface area contributed by atoms with Crippen molar-refractivity contribution in [1.82, 2.24) is 4.98 Å². The van der Waals surface area contributed by atoms with Crippen molar-refractivity contribution in [2.24, 2.45) is 0 Å². The van der Waals surface area contributed by atoms with E-state index in [2.05, 4.69) is 30.8 Å². The normalized spacial score (nSPS) is 12.0. The molecule has 0 atom stereocenters. The molecule has 4 rings (SSSR count). The van der Waals surface area contributed by atoms with Crippen LogP contribution < -0.4 is 4.74 Å². The van der Waals surface area contributed by atoms with Gasteiger partial charge >= 0.3 is 0 Å². The number of allylic oxidation sites excluding steroid dienone is 1. The summed E-state index contributed by atoms with van der Waals surface area (Å²) < 4.78 is 6.06. The number of hydrogen-bond donors (Lipinski definition) is 0. The summed E-state index contributed by atoms with van der Waals surface area (Å²) in [5, 5.41) is 0. The fraction of sp³-hybridized carbons (Fsp3) is 0.0952. The molecule has 0 unspecified atom stereocenters. The number of nitrogens with zero attached hydrogens (tertiary/aromatic N) is 1. The van der Waals surface area contributed by atoms with Gasteiger partial charge in [-0.25, -0.2) is 4.98 Å². The molecule has 23 heavy (non-hydrogen) atoms. The molecule has 1 aromatic heterocycles. The van der Waals surface area contributed by atoms with Gasteiger partial charge in [0.1, 0.15) is 11.5 Å². The summed E-state index contributed by atoms with van der Waals surface area (Å²) in [6.45, 7) is 3.87. The van der Waals surface area contributed by atoms with E-state index in [1.165, 1.54) is 5.56 Å². The molecule has 0 fully saturated rings. The molecule has 3 aromatic rings. The van der Waals surface area contributed by atoms with Gasteiger partial charge in [-0.05, 0) is 24.1 Å². The van der Waals surface area contributed by atoms with Crippen LogP contribution in [0.3, 0.4) is 0 Å². The maximum Gasteiger partial charge on any atom is 0.149 e. The average molecular weight is 299 g/mol. The molecule has 1 aliphatic heterocycles. The fourth-order valence-corrected chi connectivity index (χ4v) is 2.99. The highest BCUT2D eigenvalue weighted by atomic mass is 16.5. The van der Waals surface area contributed by atoms with E-state index in [0.29, 0.717) is 0 Å². The van der Waals surface area contributed by atoms with Crippen LogP contribution in [0.15, 0.2) is 73.3 Å². The predicted octanol–water partition coefficient (Wildman–Crippen LogP) is 5.17. The van der Waals surface area contributed by atoms with Crippen LogP contribution in [0.2, 0.25) is 0 Å². The Labute approximate surface area is 136 Å². The summed E-state index contributed by atoms with van der Waals surface area (Å²) in [6, 6.07) is 20.6. The third-order valence-corrected chi connectivity index (χ3v) is 4.10. The minimum absolute atomic E-state index is 0.773. The van der Waals surface area contributed by atoms with Gasteiger partial charge in [0.05, 0.1) is 11.4 Å². The molecule has 0 saturated carbocycles. The van der Waals surface area contributed by atoms with E-state index >= 15 is 0 Å². The molecular formula is C21H17NO. The molecule has 0 radical (unpaired) electrons. The van der Waals surface area contributed by atoms with Crippen molar-refractivity contribution in [2.45, 2.75) is 12.8 Å². The largest absolute Gasteiger partial charge is 0.455 e. The summed E-state index contributed by atoms with van der Waals surface area (Å²) in [5.74, 6) is 1.79. The Morgan fingerprint density at radius 3 is 2.61 bits per heavy atom. The minimum Gasteiger partial charge on any atom is -0.455 e. The summed E-state index contributed by atoms with van der Waals surface area (Å²) in [7, 11) is 0. The number of rotatable bonds is 3. The third kappa shape index (κ3) is 2.53. The fourth-order valence-electron chi connectivity index (χ4n) is 2.99. The molecule has 0 bridgehead atoms. The summed E-state index contributed by atoms with van der Waals surface area (Å²) in [4.78, 5) is 4.93. The Balaban J connectivity index is 1.84. The van der Waals surface area contributed by atoms with Gasteiger partial charge in [0, 0.05) is 17.5 Å². The highest BCUT2D eigenvalue weighted by Gasteiger charge is 2.20. The van der Waals surface area contributed by atoms with E-state index in [4.69, 9.17) is 9.72 Å². The number of aromatic nitrogens is 1. The number of ether oxygens (including phenoxy) is 1. The van der Waals surface area contributed by atoms with Crippen molar-refractivity contribution < 1.29 is 4.74 Å².